The van der Waals surface area contributed by atoms with Crippen LogP contribution in [0.15, 0.2) is 6.07 Å². The van der Waals surface area contributed by atoms with Crippen molar-refractivity contribution in [3.63, 3.8) is 0 Å². The number of ether oxygens (including phenoxy) is 2. The molecule has 1 fully saturated rings. The Kier molecular flexibility index (Phi) is 5.54. The van der Waals surface area contributed by atoms with Crippen LogP contribution >= 0.6 is 11.6 Å². The molecule has 1 aromatic heterocycles. The van der Waals surface area contributed by atoms with E-state index in [0.717, 1.165) is 0 Å². The predicted octanol–water partition coefficient (Wildman–Crippen LogP) is 1.54. The number of nitro groups is 1. The average Bonchev–Trinajstić information content (AvgIpc) is 2.47. The minimum absolute atomic E-state index is 0.0718. The van der Waals surface area contributed by atoms with Crippen molar-refractivity contribution in [3.8, 4) is 0 Å². The smallest absolute Gasteiger partial charge is 0.334 e. The molecule has 0 bridgehead atoms. The standard InChI is InChI=1S/C12H17ClN4O4/c1-20-5-2-14-12-11(17(18)19)9(8-10(13)15-12)16-3-6-21-7-4-16/h8H,2-7H2,1H3,(H,14,15). The molecule has 0 spiro atoms. The average molecular weight is 317 g/mol. The third kappa shape index (κ3) is 3.93. The van der Waals surface area contributed by atoms with Gasteiger partial charge in [0.1, 0.15) is 10.8 Å². The Morgan fingerprint density at radius 3 is 2.90 bits per heavy atom. The minimum atomic E-state index is -0.441. The first-order valence-electron chi connectivity index (χ1n) is 6.54. The third-order valence-electron chi connectivity index (χ3n) is 3.07. The fourth-order valence-corrected chi connectivity index (χ4v) is 2.30. The van der Waals surface area contributed by atoms with Crippen LogP contribution in [0, 0.1) is 10.1 Å². The van der Waals surface area contributed by atoms with Crippen LogP contribution in [0.2, 0.25) is 5.15 Å². The zero-order valence-corrected chi connectivity index (χ0v) is 12.4. The summed E-state index contributed by atoms with van der Waals surface area (Å²) in [6.07, 6.45) is 0. The zero-order valence-electron chi connectivity index (χ0n) is 11.7. The largest absolute Gasteiger partial charge is 0.383 e. The van der Waals surface area contributed by atoms with E-state index in [9.17, 15) is 10.1 Å². The molecule has 0 radical (unpaired) electrons. The second-order valence-electron chi connectivity index (χ2n) is 4.44. The van der Waals surface area contributed by atoms with Crippen molar-refractivity contribution in [2.24, 2.45) is 0 Å². The Morgan fingerprint density at radius 2 is 2.29 bits per heavy atom. The summed E-state index contributed by atoms with van der Waals surface area (Å²) in [5.41, 5.74) is 0.389. The van der Waals surface area contributed by atoms with Crippen molar-refractivity contribution in [2.45, 2.75) is 0 Å². The molecule has 2 rings (SSSR count). The van der Waals surface area contributed by atoms with Crippen LogP contribution in [0.5, 0.6) is 0 Å². The molecule has 0 aromatic carbocycles. The van der Waals surface area contributed by atoms with E-state index < -0.39 is 4.92 Å². The van der Waals surface area contributed by atoms with Gasteiger partial charge in [0.2, 0.25) is 5.82 Å². The number of halogens is 1. The molecule has 9 heteroatoms. The van der Waals surface area contributed by atoms with Gasteiger partial charge in [-0.2, -0.15) is 0 Å². The number of rotatable bonds is 6. The van der Waals surface area contributed by atoms with E-state index in [1.807, 2.05) is 4.90 Å². The van der Waals surface area contributed by atoms with Crippen LogP contribution in [0.3, 0.4) is 0 Å². The quantitative estimate of drug-likeness (QED) is 0.368. The number of morpholine rings is 1. The van der Waals surface area contributed by atoms with Crippen LogP contribution in [0.4, 0.5) is 17.2 Å². The first-order valence-corrected chi connectivity index (χ1v) is 6.91. The van der Waals surface area contributed by atoms with Crippen molar-refractivity contribution in [1.29, 1.82) is 0 Å². The molecule has 8 nitrogen and oxygen atoms in total. The van der Waals surface area contributed by atoms with Gasteiger partial charge in [-0.25, -0.2) is 4.98 Å². The number of pyridine rings is 1. The Balaban J connectivity index is 2.35. The molecule has 2 heterocycles. The molecule has 0 amide bonds. The zero-order chi connectivity index (χ0) is 15.2. The van der Waals surface area contributed by atoms with E-state index >= 15 is 0 Å². The SMILES string of the molecule is COCCNc1nc(Cl)cc(N2CCOCC2)c1[N+](=O)[O-]. The van der Waals surface area contributed by atoms with E-state index in [-0.39, 0.29) is 16.7 Å². The maximum atomic E-state index is 11.4. The highest BCUT2D eigenvalue weighted by atomic mass is 35.5. The number of nitrogens with one attached hydrogen (secondary N) is 1. The highest BCUT2D eigenvalue weighted by Gasteiger charge is 2.27. The number of hydrogen-bond donors (Lipinski definition) is 1. The van der Waals surface area contributed by atoms with Crippen molar-refractivity contribution >= 4 is 28.8 Å². The fraction of sp³-hybridized carbons (Fsp3) is 0.583. The molecular weight excluding hydrogens is 300 g/mol. The predicted molar refractivity (Wildman–Crippen MR) is 79.3 cm³/mol. The fourth-order valence-electron chi connectivity index (χ4n) is 2.11. The summed E-state index contributed by atoms with van der Waals surface area (Å²) in [6.45, 7) is 3.05. The van der Waals surface area contributed by atoms with Gasteiger partial charge in [0.05, 0.1) is 24.7 Å². The summed E-state index contributed by atoms with van der Waals surface area (Å²) in [7, 11) is 1.56. The van der Waals surface area contributed by atoms with E-state index in [1.165, 1.54) is 6.07 Å². The lowest BCUT2D eigenvalue weighted by atomic mass is 10.2. The van der Waals surface area contributed by atoms with Gasteiger partial charge in [-0.1, -0.05) is 11.6 Å². The Bertz CT molecular complexity index is 508. The summed E-state index contributed by atoms with van der Waals surface area (Å²) in [5, 5.41) is 14.5. The van der Waals surface area contributed by atoms with Crippen LogP contribution in [0.25, 0.3) is 0 Å². The molecule has 116 valence electrons. The Hall–Kier alpha value is -1.64. The molecule has 1 saturated heterocycles. The number of methoxy groups -OCH3 is 1. The lowest BCUT2D eigenvalue weighted by Crippen LogP contribution is -2.36. The van der Waals surface area contributed by atoms with E-state index in [4.69, 9.17) is 21.1 Å². The lowest BCUT2D eigenvalue weighted by molar-refractivity contribution is -0.383. The first kappa shape index (κ1) is 15.7. The van der Waals surface area contributed by atoms with Crippen LogP contribution in [-0.4, -0.2) is 56.5 Å². The van der Waals surface area contributed by atoms with E-state index in [2.05, 4.69) is 10.3 Å². The Morgan fingerprint density at radius 1 is 1.57 bits per heavy atom. The number of nitrogens with zero attached hydrogens (tertiary/aromatic N) is 3. The van der Waals surface area contributed by atoms with Crippen LogP contribution in [-0.2, 0) is 9.47 Å². The first-order chi connectivity index (χ1) is 10.1. The topological polar surface area (TPSA) is 89.8 Å². The van der Waals surface area contributed by atoms with Crippen LogP contribution < -0.4 is 10.2 Å². The normalized spacial score (nSPS) is 15.0. The molecular formula is C12H17ClN4O4. The molecule has 0 aliphatic carbocycles. The van der Waals surface area contributed by atoms with Gasteiger partial charge in [-0.05, 0) is 0 Å². The van der Waals surface area contributed by atoms with Gasteiger partial charge in [0.15, 0.2) is 0 Å². The van der Waals surface area contributed by atoms with Crippen molar-refractivity contribution in [1.82, 2.24) is 4.98 Å². The highest BCUT2D eigenvalue weighted by molar-refractivity contribution is 6.30. The summed E-state index contributed by atoms with van der Waals surface area (Å²) in [4.78, 5) is 16.9. The summed E-state index contributed by atoms with van der Waals surface area (Å²) < 4.78 is 10.2. The molecule has 0 unspecified atom stereocenters. The number of aromatic nitrogens is 1. The van der Waals surface area contributed by atoms with Crippen molar-refractivity contribution in [3.05, 3.63) is 21.3 Å². The molecule has 21 heavy (non-hydrogen) atoms. The highest BCUT2D eigenvalue weighted by Crippen LogP contribution is 2.36. The lowest BCUT2D eigenvalue weighted by Gasteiger charge is -2.28. The monoisotopic (exact) mass is 316 g/mol. The molecule has 1 N–H and O–H groups in total. The molecule has 1 aliphatic rings. The number of anilines is 2. The van der Waals surface area contributed by atoms with Gasteiger partial charge in [-0.3, -0.25) is 10.1 Å². The van der Waals surface area contributed by atoms with Crippen molar-refractivity contribution < 1.29 is 14.4 Å². The van der Waals surface area contributed by atoms with Gasteiger partial charge in [-0.15, -0.1) is 0 Å². The molecule has 0 atom stereocenters. The number of hydrogen-bond acceptors (Lipinski definition) is 7. The van der Waals surface area contributed by atoms with E-state index in [1.54, 1.807) is 7.11 Å². The molecule has 1 aliphatic heterocycles. The molecule has 0 saturated carbocycles. The second-order valence-corrected chi connectivity index (χ2v) is 4.82. The van der Waals surface area contributed by atoms with E-state index in [0.29, 0.717) is 45.1 Å². The third-order valence-corrected chi connectivity index (χ3v) is 3.27. The molecule has 1 aromatic rings. The van der Waals surface area contributed by atoms with Gasteiger partial charge in [0.25, 0.3) is 0 Å². The summed E-state index contributed by atoms with van der Waals surface area (Å²) in [6, 6.07) is 1.52. The minimum Gasteiger partial charge on any atom is -0.383 e. The summed E-state index contributed by atoms with van der Waals surface area (Å²) in [5.74, 6) is 0.158. The summed E-state index contributed by atoms with van der Waals surface area (Å²) >= 11 is 6.00. The van der Waals surface area contributed by atoms with Gasteiger partial charge in [0, 0.05) is 32.8 Å². The second kappa shape index (κ2) is 7.39. The van der Waals surface area contributed by atoms with Gasteiger partial charge >= 0.3 is 5.69 Å². The van der Waals surface area contributed by atoms with Crippen molar-refractivity contribution in [2.75, 3.05) is 56.8 Å². The van der Waals surface area contributed by atoms with Crippen LogP contribution in [0.1, 0.15) is 0 Å². The maximum absolute atomic E-state index is 11.4. The maximum Gasteiger partial charge on any atom is 0.334 e. The Labute approximate surface area is 127 Å². The van der Waals surface area contributed by atoms with Gasteiger partial charge < -0.3 is 19.7 Å².